The Balaban J connectivity index is 1.72. The summed E-state index contributed by atoms with van der Waals surface area (Å²) >= 11 is 0. The third kappa shape index (κ3) is 3.61. The van der Waals surface area contributed by atoms with E-state index in [0.717, 1.165) is 51.2 Å². The molecular weight excluding hydrogens is 406 g/mol. The maximum atomic E-state index is 5.08. The molecule has 2 heterocycles. The Kier molecular flexibility index (Phi) is 5.31. The lowest BCUT2D eigenvalue weighted by Crippen LogP contribution is -2.14. The molecule has 0 bridgehead atoms. The van der Waals surface area contributed by atoms with Gasteiger partial charge in [0.15, 0.2) is 11.6 Å². The van der Waals surface area contributed by atoms with Gasteiger partial charge in [0.25, 0.3) is 0 Å². The lowest BCUT2D eigenvalue weighted by Gasteiger charge is -2.22. The molecular formula is C28H27N5. The summed E-state index contributed by atoms with van der Waals surface area (Å²) in [6.45, 7) is 8.48. The quantitative estimate of drug-likeness (QED) is 0.307. The van der Waals surface area contributed by atoms with Crippen LogP contribution in [-0.2, 0) is 0 Å². The van der Waals surface area contributed by atoms with Gasteiger partial charge < -0.3 is 0 Å². The Bertz CT molecular complexity index is 1290. The average Bonchev–Trinajstić information content (AvgIpc) is 3.32. The maximum absolute atomic E-state index is 5.08. The summed E-state index contributed by atoms with van der Waals surface area (Å²) in [5.41, 5.74) is 7.56. The second-order valence-electron chi connectivity index (χ2n) is 8.23. The number of hydrogen-bond donors (Lipinski definition) is 0. The lowest BCUT2D eigenvalue weighted by atomic mass is 10.2. The molecule has 2 aromatic heterocycles. The summed E-state index contributed by atoms with van der Waals surface area (Å²) in [7, 11) is 0. The Hall–Kier alpha value is -4.12. The van der Waals surface area contributed by atoms with E-state index in [2.05, 4.69) is 81.1 Å². The highest BCUT2D eigenvalue weighted by Crippen LogP contribution is 2.39. The second kappa shape index (κ2) is 8.43. The van der Waals surface area contributed by atoms with Crippen LogP contribution in [0.25, 0.3) is 11.4 Å². The number of hydrogen-bond acceptors (Lipinski definition) is 3. The number of rotatable bonds is 5. The molecule has 0 saturated carbocycles. The smallest absolute Gasteiger partial charge is 0.164 e. The standard InChI is InChI=1S/C28H27N5/c1-20-22(3)32(25-16-10-6-11-17-25)29-27(20)31(24-14-8-5-9-15-24)28-21(2)23(4)33(30-28)26-18-12-7-13-19-26/h5-19H,1-4H3. The van der Waals surface area contributed by atoms with Gasteiger partial charge in [-0.15, -0.1) is 10.2 Å². The van der Waals surface area contributed by atoms with Crippen molar-refractivity contribution in [3.63, 3.8) is 0 Å². The second-order valence-corrected chi connectivity index (χ2v) is 8.23. The van der Waals surface area contributed by atoms with Gasteiger partial charge >= 0.3 is 0 Å². The van der Waals surface area contributed by atoms with E-state index < -0.39 is 0 Å². The molecule has 5 rings (SSSR count). The third-order valence-corrected chi connectivity index (χ3v) is 6.22. The summed E-state index contributed by atoms with van der Waals surface area (Å²) < 4.78 is 4.02. The SMILES string of the molecule is Cc1c(N(c2ccccc2)c2nn(-c3ccccc3)c(C)c2C)nn(-c2ccccc2)c1C. The van der Waals surface area contributed by atoms with Crippen LogP contribution < -0.4 is 4.90 Å². The Morgan fingerprint density at radius 2 is 0.879 bits per heavy atom. The van der Waals surface area contributed by atoms with Gasteiger partial charge in [-0.05, 0) is 64.1 Å². The summed E-state index contributed by atoms with van der Waals surface area (Å²) in [5, 5.41) is 10.2. The first kappa shape index (κ1) is 20.8. The van der Waals surface area contributed by atoms with Crippen LogP contribution in [0.2, 0.25) is 0 Å². The van der Waals surface area contributed by atoms with Crippen molar-refractivity contribution in [3.05, 3.63) is 114 Å². The van der Waals surface area contributed by atoms with Crippen LogP contribution >= 0.6 is 0 Å². The zero-order chi connectivity index (χ0) is 22.9. The van der Waals surface area contributed by atoms with Crippen LogP contribution in [0.4, 0.5) is 17.3 Å². The predicted molar refractivity (Wildman–Crippen MR) is 134 cm³/mol. The van der Waals surface area contributed by atoms with Gasteiger partial charge in [0.05, 0.1) is 11.4 Å². The topological polar surface area (TPSA) is 38.9 Å². The minimum absolute atomic E-state index is 0.878. The highest BCUT2D eigenvalue weighted by molar-refractivity contribution is 5.76. The van der Waals surface area contributed by atoms with E-state index in [0.29, 0.717) is 0 Å². The molecule has 3 aromatic carbocycles. The van der Waals surface area contributed by atoms with Crippen LogP contribution in [-0.4, -0.2) is 19.6 Å². The molecule has 0 fully saturated rings. The third-order valence-electron chi connectivity index (χ3n) is 6.22. The van der Waals surface area contributed by atoms with Crippen molar-refractivity contribution in [2.45, 2.75) is 27.7 Å². The highest BCUT2D eigenvalue weighted by Gasteiger charge is 2.26. The van der Waals surface area contributed by atoms with Gasteiger partial charge in [-0.25, -0.2) is 9.36 Å². The van der Waals surface area contributed by atoms with Crippen molar-refractivity contribution >= 4 is 17.3 Å². The van der Waals surface area contributed by atoms with E-state index in [1.165, 1.54) is 0 Å². The largest absolute Gasteiger partial charge is 0.276 e. The number of nitrogens with zero attached hydrogens (tertiary/aromatic N) is 5. The molecule has 0 saturated heterocycles. The molecule has 0 aliphatic carbocycles. The molecule has 0 amide bonds. The van der Waals surface area contributed by atoms with Crippen molar-refractivity contribution in [3.8, 4) is 11.4 Å². The summed E-state index contributed by atoms with van der Waals surface area (Å²) in [5.74, 6) is 1.76. The molecule has 0 N–H and O–H groups in total. The minimum atomic E-state index is 0.878. The molecule has 5 aromatic rings. The van der Waals surface area contributed by atoms with Crippen molar-refractivity contribution < 1.29 is 0 Å². The van der Waals surface area contributed by atoms with Gasteiger partial charge in [-0.2, -0.15) is 0 Å². The first-order valence-corrected chi connectivity index (χ1v) is 11.1. The molecule has 5 nitrogen and oxygen atoms in total. The summed E-state index contributed by atoms with van der Waals surface area (Å²) in [6.07, 6.45) is 0. The van der Waals surface area contributed by atoms with Crippen molar-refractivity contribution in [1.82, 2.24) is 19.6 Å². The molecule has 0 atom stereocenters. The van der Waals surface area contributed by atoms with Gasteiger partial charge in [0, 0.05) is 28.2 Å². The van der Waals surface area contributed by atoms with E-state index in [1.54, 1.807) is 0 Å². The van der Waals surface area contributed by atoms with E-state index in [9.17, 15) is 0 Å². The zero-order valence-electron chi connectivity index (χ0n) is 19.4. The maximum Gasteiger partial charge on any atom is 0.164 e. The highest BCUT2D eigenvalue weighted by atomic mass is 15.4. The number of benzene rings is 3. The first-order chi connectivity index (χ1) is 16.1. The van der Waals surface area contributed by atoms with E-state index in [-0.39, 0.29) is 0 Å². The van der Waals surface area contributed by atoms with Crippen LogP contribution in [0, 0.1) is 27.7 Å². The monoisotopic (exact) mass is 433 g/mol. The molecule has 0 aliphatic heterocycles. The molecule has 0 aliphatic rings. The van der Waals surface area contributed by atoms with Gasteiger partial charge in [-0.1, -0.05) is 54.6 Å². The predicted octanol–water partition coefficient (Wildman–Crippen LogP) is 6.76. The van der Waals surface area contributed by atoms with Gasteiger partial charge in [0.1, 0.15) is 0 Å². The van der Waals surface area contributed by atoms with Crippen LogP contribution in [0.5, 0.6) is 0 Å². The Morgan fingerprint density at radius 3 is 1.27 bits per heavy atom. The zero-order valence-corrected chi connectivity index (χ0v) is 19.4. The lowest BCUT2D eigenvalue weighted by molar-refractivity contribution is 0.830. The van der Waals surface area contributed by atoms with E-state index >= 15 is 0 Å². The number of para-hydroxylation sites is 3. The number of anilines is 3. The first-order valence-electron chi connectivity index (χ1n) is 11.1. The van der Waals surface area contributed by atoms with Crippen molar-refractivity contribution in [1.29, 1.82) is 0 Å². The molecule has 33 heavy (non-hydrogen) atoms. The van der Waals surface area contributed by atoms with E-state index in [1.807, 2.05) is 51.8 Å². The Labute approximate surface area is 194 Å². The van der Waals surface area contributed by atoms with E-state index in [4.69, 9.17) is 10.2 Å². The van der Waals surface area contributed by atoms with Gasteiger partial charge in [0.2, 0.25) is 0 Å². The molecule has 0 radical (unpaired) electrons. The van der Waals surface area contributed by atoms with Crippen LogP contribution in [0.15, 0.2) is 91.0 Å². The van der Waals surface area contributed by atoms with Crippen LogP contribution in [0.1, 0.15) is 22.5 Å². The van der Waals surface area contributed by atoms with Crippen LogP contribution in [0.3, 0.4) is 0 Å². The fourth-order valence-electron chi connectivity index (χ4n) is 4.12. The summed E-state index contributed by atoms with van der Waals surface area (Å²) in [6, 6.07) is 30.8. The fraction of sp³-hybridized carbons (Fsp3) is 0.143. The van der Waals surface area contributed by atoms with Crippen molar-refractivity contribution in [2.24, 2.45) is 0 Å². The normalized spacial score (nSPS) is 11.0. The molecule has 164 valence electrons. The molecule has 0 spiro atoms. The van der Waals surface area contributed by atoms with Crippen molar-refractivity contribution in [2.75, 3.05) is 4.90 Å². The minimum Gasteiger partial charge on any atom is -0.276 e. The average molecular weight is 434 g/mol. The molecule has 5 heteroatoms. The van der Waals surface area contributed by atoms with Gasteiger partial charge in [-0.3, -0.25) is 4.90 Å². The molecule has 0 unspecified atom stereocenters. The Morgan fingerprint density at radius 1 is 0.515 bits per heavy atom. The fourth-order valence-corrected chi connectivity index (χ4v) is 4.12. The number of aromatic nitrogens is 4. The summed E-state index contributed by atoms with van der Waals surface area (Å²) in [4.78, 5) is 2.17.